The molecule has 0 aliphatic carbocycles. The van der Waals surface area contributed by atoms with Gasteiger partial charge in [-0.15, -0.1) is 0 Å². The van der Waals surface area contributed by atoms with Gasteiger partial charge in [-0.1, -0.05) is 48.4 Å². The van der Waals surface area contributed by atoms with Gasteiger partial charge in [-0.05, 0) is 56.7 Å². The number of hydrogen-bond acceptors (Lipinski definition) is 4. The zero-order chi connectivity index (χ0) is 28.1. The number of carbonyl (C=O) groups is 2. The molecule has 10 heteroatoms. The maximum Gasteiger partial charge on any atom is 0.430 e. The van der Waals surface area contributed by atoms with E-state index in [9.17, 15) is 27.9 Å². The Labute approximate surface area is 226 Å². The number of carbonyl (C=O) groups excluding carboxylic acids is 2. The second kappa shape index (κ2) is 12.4. The lowest BCUT2D eigenvalue weighted by molar-refractivity contribution is -0.262. The average Bonchev–Trinajstić information content (AvgIpc) is 2.87. The van der Waals surface area contributed by atoms with Gasteiger partial charge in [0.2, 0.25) is 0 Å². The van der Waals surface area contributed by atoms with Crippen LogP contribution >= 0.6 is 11.6 Å². The van der Waals surface area contributed by atoms with Crippen LogP contribution in [0.3, 0.4) is 0 Å². The largest absolute Gasteiger partial charge is 0.491 e. The molecule has 0 radical (unpaired) electrons. The SMILES string of the molecule is C[C@H](CCCC1CCN(C(=O)[C@](O)(c2ccccc2)C(F)(F)F)CC1)Oc1ccc(C(=O)N(C)C)c(Cl)c1. The molecule has 0 saturated carbocycles. The van der Waals surface area contributed by atoms with Crippen molar-refractivity contribution in [2.24, 2.45) is 5.92 Å². The number of nitrogens with zero attached hydrogens (tertiary/aromatic N) is 2. The van der Waals surface area contributed by atoms with Gasteiger partial charge >= 0.3 is 6.18 Å². The van der Waals surface area contributed by atoms with Gasteiger partial charge in [0.25, 0.3) is 17.4 Å². The van der Waals surface area contributed by atoms with Crippen LogP contribution in [0.25, 0.3) is 0 Å². The molecule has 0 aromatic heterocycles. The summed E-state index contributed by atoms with van der Waals surface area (Å²) in [6, 6.07) is 11.5. The third-order valence-corrected chi connectivity index (χ3v) is 7.26. The summed E-state index contributed by atoms with van der Waals surface area (Å²) in [4.78, 5) is 27.6. The third kappa shape index (κ3) is 6.80. The maximum absolute atomic E-state index is 13.8. The molecule has 0 unspecified atom stereocenters. The van der Waals surface area contributed by atoms with Crippen molar-refractivity contribution < 1.29 is 32.6 Å². The highest BCUT2D eigenvalue weighted by molar-refractivity contribution is 6.34. The van der Waals surface area contributed by atoms with Gasteiger partial charge in [0, 0.05) is 32.7 Å². The fourth-order valence-electron chi connectivity index (χ4n) is 4.71. The molecule has 0 bridgehead atoms. The summed E-state index contributed by atoms with van der Waals surface area (Å²) in [7, 11) is 3.31. The van der Waals surface area contributed by atoms with Gasteiger partial charge in [-0.2, -0.15) is 13.2 Å². The lowest BCUT2D eigenvalue weighted by Gasteiger charge is -2.38. The zero-order valence-corrected chi connectivity index (χ0v) is 22.6. The first kappa shape index (κ1) is 29.8. The predicted molar refractivity (Wildman–Crippen MR) is 139 cm³/mol. The highest BCUT2D eigenvalue weighted by Gasteiger charge is 2.62. The van der Waals surface area contributed by atoms with E-state index in [2.05, 4.69) is 0 Å². The first-order valence-corrected chi connectivity index (χ1v) is 13.0. The van der Waals surface area contributed by atoms with E-state index in [1.165, 1.54) is 23.1 Å². The minimum absolute atomic E-state index is 0.101. The molecule has 1 heterocycles. The molecule has 6 nitrogen and oxygen atoms in total. The fourth-order valence-corrected chi connectivity index (χ4v) is 4.96. The molecule has 1 saturated heterocycles. The standard InChI is InChI=1S/C28H34ClF3N2O4/c1-19(38-22-12-13-23(24(29)18-22)25(35)33(2)3)8-7-9-20-14-16-34(17-15-20)26(36)27(37,28(30,31)32)21-10-5-4-6-11-21/h4-6,10-13,18-20,37H,7-9,14-17H2,1-3H3/t19-,27-/m1/s1. The topological polar surface area (TPSA) is 70.1 Å². The normalized spacial score (nSPS) is 17.0. The Bertz CT molecular complexity index is 1110. The van der Waals surface area contributed by atoms with E-state index in [0.29, 0.717) is 29.2 Å². The molecule has 2 atom stereocenters. The monoisotopic (exact) mass is 554 g/mol. The number of halogens is 4. The number of hydrogen-bond donors (Lipinski definition) is 1. The Morgan fingerprint density at radius 2 is 1.76 bits per heavy atom. The minimum Gasteiger partial charge on any atom is -0.491 e. The molecule has 38 heavy (non-hydrogen) atoms. The lowest BCUT2D eigenvalue weighted by Crippen LogP contribution is -2.57. The van der Waals surface area contributed by atoms with E-state index in [4.69, 9.17) is 16.3 Å². The van der Waals surface area contributed by atoms with Crippen LogP contribution in [-0.2, 0) is 10.4 Å². The van der Waals surface area contributed by atoms with Crippen molar-refractivity contribution in [3.05, 3.63) is 64.7 Å². The van der Waals surface area contributed by atoms with Crippen LogP contribution in [-0.4, -0.2) is 66.2 Å². The second-order valence-electron chi connectivity index (χ2n) is 10.0. The van der Waals surface area contributed by atoms with E-state index < -0.39 is 23.2 Å². The fraction of sp³-hybridized carbons (Fsp3) is 0.500. The van der Waals surface area contributed by atoms with Crippen LogP contribution in [0, 0.1) is 5.92 Å². The van der Waals surface area contributed by atoms with Gasteiger partial charge in [0.1, 0.15) is 5.75 Å². The second-order valence-corrected chi connectivity index (χ2v) is 10.4. The van der Waals surface area contributed by atoms with Crippen molar-refractivity contribution >= 4 is 23.4 Å². The number of benzene rings is 2. The van der Waals surface area contributed by atoms with Crippen molar-refractivity contribution in [3.63, 3.8) is 0 Å². The number of ether oxygens (including phenoxy) is 1. The maximum atomic E-state index is 13.8. The quantitative estimate of drug-likeness (QED) is 0.434. The van der Waals surface area contributed by atoms with Crippen LogP contribution in [0.4, 0.5) is 13.2 Å². The number of likely N-dealkylation sites (tertiary alicyclic amines) is 1. The molecular formula is C28H34ClF3N2O4. The van der Waals surface area contributed by atoms with E-state index >= 15 is 0 Å². The van der Waals surface area contributed by atoms with Crippen molar-refractivity contribution in [1.82, 2.24) is 9.80 Å². The molecule has 2 aromatic rings. The van der Waals surface area contributed by atoms with E-state index in [-0.39, 0.29) is 31.0 Å². The Morgan fingerprint density at radius 3 is 2.32 bits per heavy atom. The average molecular weight is 555 g/mol. The summed E-state index contributed by atoms with van der Waals surface area (Å²) in [6.07, 6.45) is -1.63. The summed E-state index contributed by atoms with van der Waals surface area (Å²) in [5.41, 5.74) is -3.64. The number of rotatable bonds is 9. The summed E-state index contributed by atoms with van der Waals surface area (Å²) >= 11 is 6.25. The Kier molecular flexibility index (Phi) is 9.70. The smallest absolute Gasteiger partial charge is 0.430 e. The van der Waals surface area contributed by atoms with Crippen LogP contribution in [0.15, 0.2) is 48.5 Å². The molecule has 0 spiro atoms. The van der Waals surface area contributed by atoms with Crippen molar-refractivity contribution in [3.8, 4) is 5.75 Å². The Balaban J connectivity index is 1.48. The lowest BCUT2D eigenvalue weighted by atomic mass is 9.87. The molecule has 1 aliphatic rings. The van der Waals surface area contributed by atoms with Crippen molar-refractivity contribution in [1.29, 1.82) is 0 Å². The number of alkyl halides is 3. The minimum atomic E-state index is -5.13. The highest BCUT2D eigenvalue weighted by Crippen LogP contribution is 2.41. The van der Waals surface area contributed by atoms with Gasteiger partial charge < -0.3 is 19.6 Å². The summed E-state index contributed by atoms with van der Waals surface area (Å²) in [5, 5.41) is 10.9. The molecule has 1 fully saturated rings. The van der Waals surface area contributed by atoms with Crippen LogP contribution in [0.2, 0.25) is 5.02 Å². The Hall–Kier alpha value is -2.78. The highest BCUT2D eigenvalue weighted by atomic mass is 35.5. The molecule has 1 aliphatic heterocycles. The number of piperidine rings is 1. The summed E-state index contributed by atoms with van der Waals surface area (Å²) in [6.45, 7) is 2.27. The first-order valence-electron chi connectivity index (χ1n) is 12.7. The Morgan fingerprint density at radius 1 is 1.13 bits per heavy atom. The van der Waals surface area contributed by atoms with Gasteiger partial charge in [-0.25, -0.2) is 0 Å². The van der Waals surface area contributed by atoms with E-state index in [1.807, 2.05) is 6.92 Å². The molecule has 2 aromatic carbocycles. The molecule has 3 rings (SSSR count). The van der Waals surface area contributed by atoms with E-state index in [1.54, 1.807) is 32.3 Å². The molecule has 1 N–H and O–H groups in total. The molecule has 208 valence electrons. The van der Waals surface area contributed by atoms with E-state index in [0.717, 1.165) is 36.3 Å². The molecule has 2 amide bonds. The van der Waals surface area contributed by atoms with Gasteiger partial charge in [0.15, 0.2) is 0 Å². The van der Waals surface area contributed by atoms with Gasteiger partial charge in [0.05, 0.1) is 16.7 Å². The van der Waals surface area contributed by atoms with Crippen LogP contribution in [0.1, 0.15) is 54.9 Å². The van der Waals surface area contributed by atoms with Crippen LogP contribution < -0.4 is 4.74 Å². The predicted octanol–water partition coefficient (Wildman–Crippen LogP) is 5.67. The summed E-state index contributed by atoms with van der Waals surface area (Å²) < 4.78 is 47.5. The molecular weight excluding hydrogens is 521 g/mol. The zero-order valence-electron chi connectivity index (χ0n) is 21.8. The first-order chi connectivity index (χ1) is 17.8. The number of amides is 2. The number of aliphatic hydroxyl groups is 1. The van der Waals surface area contributed by atoms with Crippen molar-refractivity contribution in [2.45, 2.75) is 56.9 Å². The summed E-state index contributed by atoms with van der Waals surface area (Å²) in [5.74, 6) is -0.674. The van der Waals surface area contributed by atoms with Gasteiger partial charge in [-0.3, -0.25) is 9.59 Å². The van der Waals surface area contributed by atoms with Crippen LogP contribution in [0.5, 0.6) is 5.75 Å². The van der Waals surface area contributed by atoms with Crippen molar-refractivity contribution in [2.75, 3.05) is 27.2 Å². The third-order valence-electron chi connectivity index (χ3n) is 6.95.